The molecule has 2 atom stereocenters. The Bertz CT molecular complexity index is 331. The number of hydrogen-bond acceptors (Lipinski definition) is 4. The zero-order valence-corrected chi connectivity index (χ0v) is 19.1. The Labute approximate surface area is 174 Å². The molecular formula is C24H48O4. The van der Waals surface area contributed by atoms with Gasteiger partial charge >= 0.3 is 5.97 Å². The van der Waals surface area contributed by atoms with Crippen molar-refractivity contribution in [1.29, 1.82) is 0 Å². The van der Waals surface area contributed by atoms with Gasteiger partial charge in [0.25, 0.3) is 0 Å². The highest BCUT2D eigenvalue weighted by atomic mass is 16.6. The highest BCUT2D eigenvalue weighted by molar-refractivity contribution is 5.69. The fraction of sp³-hybridized carbons (Fsp3) is 0.958. The summed E-state index contributed by atoms with van der Waals surface area (Å²) in [5.74, 6) is -0.137. The van der Waals surface area contributed by atoms with Crippen LogP contribution in [-0.4, -0.2) is 36.5 Å². The van der Waals surface area contributed by atoms with E-state index in [1.165, 1.54) is 83.5 Å². The summed E-state index contributed by atoms with van der Waals surface area (Å²) in [5, 5.41) is 9.15. The Morgan fingerprint density at radius 1 is 0.714 bits per heavy atom. The summed E-state index contributed by atoms with van der Waals surface area (Å²) in [5.41, 5.74) is 0. The van der Waals surface area contributed by atoms with Crippen LogP contribution in [0.25, 0.3) is 0 Å². The van der Waals surface area contributed by atoms with Crippen LogP contribution in [0.15, 0.2) is 0 Å². The van der Waals surface area contributed by atoms with E-state index < -0.39 is 6.10 Å². The van der Waals surface area contributed by atoms with Crippen LogP contribution in [-0.2, 0) is 14.3 Å². The molecule has 0 fully saturated rings. The summed E-state index contributed by atoms with van der Waals surface area (Å²) < 4.78 is 10.6. The Balaban J connectivity index is 3.23. The molecule has 0 amide bonds. The first-order valence-electron chi connectivity index (χ1n) is 12.0. The van der Waals surface area contributed by atoms with Gasteiger partial charge in [-0.15, -0.1) is 0 Å². The topological polar surface area (TPSA) is 55.8 Å². The summed E-state index contributed by atoms with van der Waals surface area (Å²) in [6, 6.07) is 0. The van der Waals surface area contributed by atoms with Gasteiger partial charge in [0.05, 0.1) is 18.8 Å². The highest BCUT2D eigenvalue weighted by Crippen LogP contribution is 2.13. The van der Waals surface area contributed by atoms with Crippen molar-refractivity contribution in [2.24, 2.45) is 0 Å². The van der Waals surface area contributed by atoms with Gasteiger partial charge in [0.2, 0.25) is 0 Å². The number of carbonyl (C=O) groups is 1. The fourth-order valence-corrected chi connectivity index (χ4v) is 3.27. The average molecular weight is 401 g/mol. The van der Waals surface area contributed by atoms with Crippen LogP contribution in [0.2, 0.25) is 0 Å². The second-order valence-corrected chi connectivity index (χ2v) is 8.38. The van der Waals surface area contributed by atoms with Gasteiger partial charge in [-0.1, -0.05) is 96.8 Å². The zero-order valence-electron chi connectivity index (χ0n) is 19.1. The number of carbonyl (C=O) groups excluding carboxylic acids is 1. The van der Waals surface area contributed by atoms with Crippen molar-refractivity contribution in [2.75, 3.05) is 13.2 Å². The molecule has 168 valence electrons. The van der Waals surface area contributed by atoms with E-state index in [9.17, 15) is 4.79 Å². The number of unbranched alkanes of at least 4 members (excludes halogenated alkanes) is 14. The normalized spacial score (nSPS) is 13.4. The van der Waals surface area contributed by atoms with Crippen LogP contribution >= 0.6 is 0 Å². The van der Waals surface area contributed by atoms with E-state index >= 15 is 0 Å². The summed E-state index contributed by atoms with van der Waals surface area (Å²) >= 11 is 0. The molecule has 0 aliphatic carbocycles. The molecule has 0 spiro atoms. The van der Waals surface area contributed by atoms with Crippen LogP contribution in [0, 0.1) is 0 Å². The predicted octanol–water partition coefficient (Wildman–Crippen LogP) is 6.58. The van der Waals surface area contributed by atoms with Crippen LogP contribution in [0.4, 0.5) is 0 Å². The summed E-state index contributed by atoms with van der Waals surface area (Å²) in [7, 11) is 0. The van der Waals surface area contributed by atoms with Crippen molar-refractivity contribution in [3.05, 3.63) is 0 Å². The van der Waals surface area contributed by atoms with Crippen molar-refractivity contribution in [3.8, 4) is 0 Å². The lowest BCUT2D eigenvalue weighted by atomic mass is 10.0. The fourth-order valence-electron chi connectivity index (χ4n) is 3.27. The largest absolute Gasteiger partial charge is 0.463 e. The lowest BCUT2D eigenvalue weighted by Crippen LogP contribution is -2.23. The molecule has 0 aliphatic rings. The number of rotatable bonds is 21. The highest BCUT2D eigenvalue weighted by Gasteiger charge is 2.08. The van der Waals surface area contributed by atoms with Gasteiger partial charge in [-0.05, 0) is 20.3 Å². The maximum Gasteiger partial charge on any atom is 0.305 e. The molecular weight excluding hydrogens is 352 g/mol. The van der Waals surface area contributed by atoms with Crippen molar-refractivity contribution in [3.63, 3.8) is 0 Å². The van der Waals surface area contributed by atoms with E-state index in [1.807, 2.05) is 6.92 Å². The third-order valence-electron chi connectivity index (χ3n) is 5.09. The monoisotopic (exact) mass is 400 g/mol. The molecule has 0 aromatic rings. The minimum atomic E-state index is -0.488. The maximum atomic E-state index is 11.7. The first kappa shape index (κ1) is 27.4. The Morgan fingerprint density at radius 3 is 1.57 bits per heavy atom. The Hall–Kier alpha value is -0.610. The number of esters is 1. The smallest absolute Gasteiger partial charge is 0.305 e. The molecule has 0 saturated carbocycles. The second-order valence-electron chi connectivity index (χ2n) is 8.38. The van der Waals surface area contributed by atoms with Gasteiger partial charge in [0.1, 0.15) is 6.61 Å². The first-order chi connectivity index (χ1) is 13.6. The second kappa shape index (κ2) is 21.1. The minimum absolute atomic E-state index is 0.137. The maximum absolute atomic E-state index is 11.7. The zero-order chi connectivity index (χ0) is 20.9. The van der Waals surface area contributed by atoms with Crippen molar-refractivity contribution >= 4 is 5.97 Å². The van der Waals surface area contributed by atoms with E-state index in [1.54, 1.807) is 6.92 Å². The van der Waals surface area contributed by atoms with Gasteiger partial charge in [-0.2, -0.15) is 0 Å². The van der Waals surface area contributed by atoms with Crippen LogP contribution < -0.4 is 0 Å². The summed E-state index contributed by atoms with van der Waals surface area (Å²) in [6.45, 7) is 6.34. The number of hydrogen-bond donors (Lipinski definition) is 1. The lowest BCUT2D eigenvalue weighted by molar-refractivity contribution is -0.148. The predicted molar refractivity (Wildman–Crippen MR) is 118 cm³/mol. The van der Waals surface area contributed by atoms with Crippen LogP contribution in [0.1, 0.15) is 124 Å². The van der Waals surface area contributed by atoms with Crippen LogP contribution in [0.3, 0.4) is 0 Å². The average Bonchev–Trinajstić information content (AvgIpc) is 2.67. The van der Waals surface area contributed by atoms with Crippen molar-refractivity contribution in [1.82, 2.24) is 0 Å². The van der Waals surface area contributed by atoms with Gasteiger partial charge in [0, 0.05) is 6.42 Å². The quantitative estimate of drug-likeness (QED) is 0.175. The molecule has 0 heterocycles. The third kappa shape index (κ3) is 21.7. The van der Waals surface area contributed by atoms with Crippen LogP contribution in [0.5, 0.6) is 0 Å². The van der Waals surface area contributed by atoms with Gasteiger partial charge < -0.3 is 14.6 Å². The molecule has 4 nitrogen and oxygen atoms in total. The minimum Gasteiger partial charge on any atom is -0.463 e. The number of aliphatic hydroxyl groups is 1. The van der Waals surface area contributed by atoms with Crippen molar-refractivity contribution < 1.29 is 19.4 Å². The molecule has 2 unspecified atom stereocenters. The standard InChI is InChI=1S/C24H48O4/c1-4-5-6-7-8-9-10-11-12-13-14-15-16-17-18-19-24(26)28-21-23(3)27-20-22(2)25/h22-23,25H,4-21H2,1-3H3. The molecule has 0 aromatic carbocycles. The lowest BCUT2D eigenvalue weighted by Gasteiger charge is -2.14. The Morgan fingerprint density at radius 2 is 1.14 bits per heavy atom. The number of ether oxygens (including phenoxy) is 2. The molecule has 0 rings (SSSR count). The molecule has 0 aliphatic heterocycles. The third-order valence-corrected chi connectivity index (χ3v) is 5.09. The first-order valence-corrected chi connectivity index (χ1v) is 12.0. The van der Waals surface area contributed by atoms with E-state index in [2.05, 4.69) is 6.92 Å². The van der Waals surface area contributed by atoms with E-state index in [0.717, 1.165) is 12.8 Å². The molecule has 0 radical (unpaired) electrons. The molecule has 1 N–H and O–H groups in total. The summed E-state index contributed by atoms with van der Waals surface area (Å²) in [6.07, 6.45) is 19.7. The summed E-state index contributed by atoms with van der Waals surface area (Å²) in [4.78, 5) is 11.7. The van der Waals surface area contributed by atoms with E-state index in [4.69, 9.17) is 14.6 Å². The van der Waals surface area contributed by atoms with E-state index in [0.29, 0.717) is 6.42 Å². The Kier molecular flexibility index (Phi) is 20.6. The molecule has 28 heavy (non-hydrogen) atoms. The molecule has 0 saturated heterocycles. The SMILES string of the molecule is CCCCCCCCCCCCCCCCCC(=O)OCC(C)OCC(C)O. The van der Waals surface area contributed by atoms with Gasteiger partial charge in [0.15, 0.2) is 0 Å². The molecule has 0 aromatic heterocycles. The molecule has 0 bridgehead atoms. The van der Waals surface area contributed by atoms with Gasteiger partial charge in [-0.25, -0.2) is 0 Å². The van der Waals surface area contributed by atoms with E-state index in [-0.39, 0.29) is 25.3 Å². The molecule has 4 heteroatoms. The van der Waals surface area contributed by atoms with Crippen molar-refractivity contribution in [2.45, 2.75) is 136 Å². The van der Waals surface area contributed by atoms with Gasteiger partial charge in [-0.3, -0.25) is 4.79 Å². The number of aliphatic hydroxyl groups excluding tert-OH is 1.